The van der Waals surface area contributed by atoms with Crippen molar-refractivity contribution < 1.29 is 14.4 Å². The summed E-state index contributed by atoms with van der Waals surface area (Å²) in [5, 5.41) is 6.03. The first-order valence-corrected chi connectivity index (χ1v) is 9.13. The standard InChI is InChI=1S/C19H26N4O3/c1-20-8-5-13-6-9-23(10-7-13)12-17(24)21-14-3-4-15-16(11-14)19(26)22(2)18(15)25/h3-4,11,13,20H,5-10,12H2,1-2H3,(H,21,24). The van der Waals surface area contributed by atoms with Crippen LogP contribution >= 0.6 is 0 Å². The summed E-state index contributed by atoms with van der Waals surface area (Å²) in [4.78, 5) is 39.5. The number of fused-ring (bicyclic) bond motifs is 1. The first-order valence-electron chi connectivity index (χ1n) is 9.13. The summed E-state index contributed by atoms with van der Waals surface area (Å²) < 4.78 is 0. The molecule has 2 N–H and O–H groups in total. The molecule has 1 saturated heterocycles. The van der Waals surface area contributed by atoms with Crippen LogP contribution in [-0.2, 0) is 4.79 Å². The van der Waals surface area contributed by atoms with Crippen molar-refractivity contribution >= 4 is 23.4 Å². The molecular formula is C19H26N4O3. The lowest BCUT2D eigenvalue weighted by molar-refractivity contribution is -0.117. The lowest BCUT2D eigenvalue weighted by atomic mass is 9.93. The van der Waals surface area contributed by atoms with E-state index in [2.05, 4.69) is 15.5 Å². The van der Waals surface area contributed by atoms with Gasteiger partial charge >= 0.3 is 0 Å². The molecule has 2 heterocycles. The Bertz CT molecular complexity index is 711. The van der Waals surface area contributed by atoms with E-state index < -0.39 is 0 Å². The monoisotopic (exact) mass is 358 g/mol. The molecule has 2 aliphatic heterocycles. The second kappa shape index (κ2) is 7.97. The molecule has 1 fully saturated rings. The SMILES string of the molecule is CNCCC1CCN(CC(=O)Nc2ccc3c(c2)C(=O)N(C)C3=O)CC1. The van der Waals surface area contributed by atoms with Crippen molar-refractivity contribution in [3.05, 3.63) is 29.3 Å². The summed E-state index contributed by atoms with van der Waals surface area (Å²) in [5.41, 5.74) is 1.29. The molecule has 3 amide bonds. The number of amides is 3. The number of nitrogens with one attached hydrogen (secondary N) is 2. The highest BCUT2D eigenvalue weighted by Gasteiger charge is 2.32. The number of likely N-dealkylation sites (tertiary alicyclic amines) is 1. The number of imide groups is 1. The van der Waals surface area contributed by atoms with Crippen LogP contribution in [0.3, 0.4) is 0 Å². The van der Waals surface area contributed by atoms with Gasteiger partial charge < -0.3 is 10.6 Å². The van der Waals surface area contributed by atoms with E-state index in [0.717, 1.165) is 43.3 Å². The zero-order chi connectivity index (χ0) is 18.7. The van der Waals surface area contributed by atoms with Gasteiger partial charge in [0, 0.05) is 12.7 Å². The Balaban J connectivity index is 1.52. The van der Waals surface area contributed by atoms with Gasteiger partial charge in [0.25, 0.3) is 11.8 Å². The first kappa shape index (κ1) is 18.5. The topological polar surface area (TPSA) is 81.8 Å². The molecule has 0 aromatic heterocycles. The van der Waals surface area contributed by atoms with Crippen LogP contribution in [0.5, 0.6) is 0 Å². The fourth-order valence-corrected chi connectivity index (χ4v) is 3.62. The zero-order valence-electron chi connectivity index (χ0n) is 15.4. The lowest BCUT2D eigenvalue weighted by Gasteiger charge is -2.31. The normalized spacial score (nSPS) is 18.3. The Hall–Kier alpha value is -2.25. The molecular weight excluding hydrogens is 332 g/mol. The van der Waals surface area contributed by atoms with Crippen LogP contribution in [0.25, 0.3) is 0 Å². The average Bonchev–Trinajstić information content (AvgIpc) is 2.85. The van der Waals surface area contributed by atoms with E-state index in [4.69, 9.17) is 0 Å². The highest BCUT2D eigenvalue weighted by atomic mass is 16.2. The maximum atomic E-state index is 12.3. The summed E-state index contributed by atoms with van der Waals surface area (Å²) >= 11 is 0. The van der Waals surface area contributed by atoms with Crippen LogP contribution in [0.4, 0.5) is 5.69 Å². The quantitative estimate of drug-likeness (QED) is 0.746. The average molecular weight is 358 g/mol. The molecule has 1 aromatic rings. The van der Waals surface area contributed by atoms with E-state index in [-0.39, 0.29) is 17.7 Å². The number of nitrogens with zero attached hydrogens (tertiary/aromatic N) is 2. The van der Waals surface area contributed by atoms with Crippen LogP contribution in [0.15, 0.2) is 18.2 Å². The highest BCUT2D eigenvalue weighted by molar-refractivity contribution is 6.21. The number of hydrogen-bond acceptors (Lipinski definition) is 5. The molecule has 2 aliphatic rings. The van der Waals surface area contributed by atoms with Gasteiger partial charge in [-0.1, -0.05) is 0 Å². The van der Waals surface area contributed by atoms with E-state index in [9.17, 15) is 14.4 Å². The number of rotatable bonds is 6. The maximum absolute atomic E-state index is 12.3. The predicted molar refractivity (Wildman–Crippen MR) is 99.2 cm³/mol. The predicted octanol–water partition coefficient (Wildman–Crippen LogP) is 1.17. The van der Waals surface area contributed by atoms with Gasteiger partial charge in [0.05, 0.1) is 17.7 Å². The lowest BCUT2D eigenvalue weighted by Crippen LogP contribution is -2.39. The largest absolute Gasteiger partial charge is 0.325 e. The third-order valence-corrected chi connectivity index (χ3v) is 5.25. The van der Waals surface area contributed by atoms with Crippen molar-refractivity contribution in [1.29, 1.82) is 0 Å². The maximum Gasteiger partial charge on any atom is 0.261 e. The molecule has 0 atom stereocenters. The third-order valence-electron chi connectivity index (χ3n) is 5.25. The van der Waals surface area contributed by atoms with Gasteiger partial charge in [-0.15, -0.1) is 0 Å². The molecule has 0 radical (unpaired) electrons. The minimum absolute atomic E-state index is 0.0937. The van der Waals surface area contributed by atoms with E-state index in [0.29, 0.717) is 23.4 Å². The van der Waals surface area contributed by atoms with Crippen LogP contribution in [-0.4, -0.2) is 67.8 Å². The molecule has 0 unspecified atom stereocenters. The number of carbonyl (C=O) groups is 3. The third kappa shape index (κ3) is 3.94. The van der Waals surface area contributed by atoms with Crippen LogP contribution < -0.4 is 10.6 Å². The van der Waals surface area contributed by atoms with Gasteiger partial charge in [0.1, 0.15) is 0 Å². The Morgan fingerprint density at radius 2 is 1.85 bits per heavy atom. The van der Waals surface area contributed by atoms with Crippen LogP contribution in [0, 0.1) is 5.92 Å². The number of hydrogen-bond donors (Lipinski definition) is 2. The second-order valence-electron chi connectivity index (χ2n) is 7.09. The van der Waals surface area contributed by atoms with Crippen molar-refractivity contribution in [3.63, 3.8) is 0 Å². The Labute approximate surface area is 153 Å². The molecule has 7 nitrogen and oxygen atoms in total. The zero-order valence-corrected chi connectivity index (χ0v) is 15.4. The van der Waals surface area contributed by atoms with E-state index in [1.807, 2.05) is 7.05 Å². The fraction of sp³-hybridized carbons (Fsp3) is 0.526. The molecule has 0 saturated carbocycles. The van der Waals surface area contributed by atoms with Crippen molar-refractivity contribution in [2.75, 3.05) is 45.6 Å². The number of carbonyl (C=O) groups excluding carboxylic acids is 3. The van der Waals surface area contributed by atoms with Gasteiger partial charge in [-0.05, 0) is 70.1 Å². The summed E-state index contributed by atoms with van der Waals surface area (Å²) in [7, 11) is 3.43. The van der Waals surface area contributed by atoms with Crippen molar-refractivity contribution in [2.45, 2.75) is 19.3 Å². The minimum atomic E-state index is -0.329. The summed E-state index contributed by atoms with van der Waals surface area (Å²) in [6.07, 6.45) is 3.43. The molecule has 0 spiro atoms. The summed E-state index contributed by atoms with van der Waals surface area (Å²) in [5.74, 6) is 0.0107. The molecule has 1 aromatic carbocycles. The smallest absolute Gasteiger partial charge is 0.261 e. The summed E-state index contributed by atoms with van der Waals surface area (Å²) in [6.45, 7) is 3.26. The number of anilines is 1. The Morgan fingerprint density at radius 3 is 2.54 bits per heavy atom. The molecule has 26 heavy (non-hydrogen) atoms. The van der Waals surface area contributed by atoms with Crippen LogP contribution in [0.2, 0.25) is 0 Å². The first-order chi connectivity index (χ1) is 12.5. The number of piperidine rings is 1. The number of benzene rings is 1. The highest BCUT2D eigenvalue weighted by Crippen LogP contribution is 2.25. The van der Waals surface area contributed by atoms with Gasteiger partial charge in [0.15, 0.2) is 0 Å². The minimum Gasteiger partial charge on any atom is -0.325 e. The van der Waals surface area contributed by atoms with Crippen molar-refractivity contribution in [3.8, 4) is 0 Å². The molecule has 7 heteroatoms. The van der Waals surface area contributed by atoms with E-state index in [1.54, 1.807) is 18.2 Å². The van der Waals surface area contributed by atoms with E-state index >= 15 is 0 Å². The van der Waals surface area contributed by atoms with E-state index in [1.165, 1.54) is 13.5 Å². The van der Waals surface area contributed by atoms with Crippen molar-refractivity contribution in [1.82, 2.24) is 15.1 Å². The van der Waals surface area contributed by atoms with Gasteiger partial charge in [0.2, 0.25) is 5.91 Å². The van der Waals surface area contributed by atoms with Gasteiger partial charge in [-0.2, -0.15) is 0 Å². The Kier molecular flexibility index (Phi) is 5.68. The molecule has 0 aliphatic carbocycles. The fourth-order valence-electron chi connectivity index (χ4n) is 3.62. The summed E-state index contributed by atoms with van der Waals surface area (Å²) in [6, 6.07) is 4.86. The van der Waals surface area contributed by atoms with Crippen LogP contribution in [0.1, 0.15) is 40.0 Å². The molecule has 140 valence electrons. The van der Waals surface area contributed by atoms with Gasteiger partial charge in [-0.3, -0.25) is 24.2 Å². The molecule has 0 bridgehead atoms. The molecule has 3 rings (SSSR count). The Morgan fingerprint density at radius 1 is 1.15 bits per heavy atom. The van der Waals surface area contributed by atoms with Crippen molar-refractivity contribution in [2.24, 2.45) is 5.92 Å². The second-order valence-corrected chi connectivity index (χ2v) is 7.09. The van der Waals surface area contributed by atoms with Gasteiger partial charge in [-0.25, -0.2) is 0 Å².